The van der Waals surface area contributed by atoms with Gasteiger partial charge in [0.2, 0.25) is 6.29 Å². The minimum Gasteiger partial charge on any atom is -0.434 e. The zero-order chi connectivity index (χ0) is 19.4. The van der Waals surface area contributed by atoms with Gasteiger partial charge in [-0.2, -0.15) is 0 Å². The van der Waals surface area contributed by atoms with Crippen LogP contribution in [0.3, 0.4) is 0 Å². The highest BCUT2D eigenvalue weighted by atomic mass is 16.7. The smallest absolute Gasteiger partial charge is 0.317 e. The summed E-state index contributed by atoms with van der Waals surface area (Å²) < 4.78 is 11.6. The summed E-state index contributed by atoms with van der Waals surface area (Å²) >= 11 is 0. The molecule has 0 aromatic heterocycles. The Hall–Kier alpha value is -1.28. The van der Waals surface area contributed by atoms with E-state index in [4.69, 9.17) is 9.47 Å². The van der Waals surface area contributed by atoms with Crippen LogP contribution in [0.1, 0.15) is 32.6 Å². The molecule has 10 atom stereocenters. The molecule has 3 aliphatic carbocycles. The molecule has 3 N–H and O–H groups in total. The molecule has 5 aliphatic rings. The average molecular weight is 378 g/mol. The number of esters is 1. The summed E-state index contributed by atoms with van der Waals surface area (Å²) in [5, 5.41) is 33.4. The van der Waals surface area contributed by atoms with E-state index in [0.717, 1.165) is 6.29 Å². The number of carbonyl (C=O) groups is 2. The summed E-state index contributed by atoms with van der Waals surface area (Å²) in [4.78, 5) is 25.4. The maximum atomic E-state index is 13.1. The second kappa shape index (κ2) is 5.20. The molecule has 0 amide bonds. The lowest BCUT2D eigenvalue weighted by atomic mass is 9.41. The van der Waals surface area contributed by atoms with Gasteiger partial charge in [-0.25, -0.2) is 0 Å². The Labute approximate surface area is 157 Å². The van der Waals surface area contributed by atoms with Gasteiger partial charge in [-0.15, -0.1) is 0 Å². The maximum absolute atomic E-state index is 13.1. The molecule has 2 spiro atoms. The topological polar surface area (TPSA) is 113 Å². The lowest BCUT2D eigenvalue weighted by Gasteiger charge is -2.67. The first-order valence-electron chi connectivity index (χ1n) is 9.74. The van der Waals surface area contributed by atoms with Crippen molar-refractivity contribution in [3.8, 4) is 0 Å². The fourth-order valence-corrected chi connectivity index (χ4v) is 7.34. The molecule has 0 aromatic carbocycles. The van der Waals surface area contributed by atoms with Gasteiger partial charge in [-0.3, -0.25) is 4.79 Å². The minimum absolute atomic E-state index is 0.182. The summed E-state index contributed by atoms with van der Waals surface area (Å²) in [7, 11) is 0. The van der Waals surface area contributed by atoms with Crippen LogP contribution >= 0.6 is 0 Å². The van der Waals surface area contributed by atoms with Crippen LogP contribution in [0, 0.1) is 34.0 Å². The van der Waals surface area contributed by atoms with Gasteiger partial charge in [-0.1, -0.05) is 13.5 Å². The van der Waals surface area contributed by atoms with Crippen molar-refractivity contribution in [1.29, 1.82) is 0 Å². The molecule has 3 saturated carbocycles. The van der Waals surface area contributed by atoms with Crippen molar-refractivity contribution in [2.75, 3.05) is 6.61 Å². The van der Waals surface area contributed by atoms with Crippen molar-refractivity contribution in [2.45, 2.75) is 57.2 Å². The summed E-state index contributed by atoms with van der Waals surface area (Å²) in [5.74, 6) is -2.27. The van der Waals surface area contributed by atoms with Gasteiger partial charge >= 0.3 is 5.97 Å². The third-order valence-corrected chi connectivity index (χ3v) is 8.51. The van der Waals surface area contributed by atoms with Crippen LogP contribution in [0.15, 0.2) is 12.2 Å². The summed E-state index contributed by atoms with van der Waals surface area (Å²) in [6, 6.07) is 0. The Morgan fingerprint density at radius 1 is 1.30 bits per heavy atom. The van der Waals surface area contributed by atoms with E-state index in [1.54, 1.807) is 0 Å². The van der Waals surface area contributed by atoms with Crippen molar-refractivity contribution >= 4 is 12.3 Å². The number of aldehydes is 1. The fraction of sp³-hybridized carbons (Fsp3) is 0.800. The minimum atomic E-state index is -1.39. The van der Waals surface area contributed by atoms with Crippen LogP contribution in [-0.2, 0) is 19.1 Å². The fourth-order valence-electron chi connectivity index (χ4n) is 7.34. The number of ether oxygens (including phenoxy) is 2. The van der Waals surface area contributed by atoms with Gasteiger partial charge in [0.25, 0.3) is 0 Å². The Balaban J connectivity index is 1.77. The van der Waals surface area contributed by atoms with E-state index in [-0.39, 0.29) is 12.5 Å². The molecule has 5 fully saturated rings. The molecule has 27 heavy (non-hydrogen) atoms. The van der Waals surface area contributed by atoms with E-state index in [1.165, 1.54) is 0 Å². The molecule has 4 bridgehead atoms. The van der Waals surface area contributed by atoms with Gasteiger partial charge in [-0.05, 0) is 37.2 Å². The number of fused-ring (bicyclic) bond motifs is 2. The molecule has 2 heterocycles. The van der Waals surface area contributed by atoms with E-state index >= 15 is 0 Å². The molecule has 7 nitrogen and oxygen atoms in total. The number of rotatable bonds is 1. The second-order valence-electron chi connectivity index (χ2n) is 9.57. The average Bonchev–Trinajstić information content (AvgIpc) is 2.82. The Kier molecular flexibility index (Phi) is 3.43. The molecule has 5 rings (SSSR count). The van der Waals surface area contributed by atoms with E-state index in [9.17, 15) is 24.9 Å². The number of carbonyl (C=O) groups excluding carboxylic acids is 2. The predicted molar refractivity (Wildman–Crippen MR) is 91.0 cm³/mol. The van der Waals surface area contributed by atoms with Gasteiger partial charge in [0.15, 0.2) is 0 Å². The first-order chi connectivity index (χ1) is 12.7. The standard InChI is InChI=1S/C20H26O7/c1-9-10-5-11(22)14-19(6-10,15(9)24)16(25)27-17-20(14)12(7-21)18(2,8-26-17)4-3-13(20)23/h7,10-15,17,22-24H,1,3-6,8H2,2H3. The summed E-state index contributed by atoms with van der Waals surface area (Å²) in [6.45, 7) is 6.15. The third kappa shape index (κ3) is 1.74. The van der Waals surface area contributed by atoms with Gasteiger partial charge in [0.1, 0.15) is 11.7 Å². The lowest BCUT2D eigenvalue weighted by Crippen LogP contribution is -2.77. The van der Waals surface area contributed by atoms with Crippen molar-refractivity contribution in [2.24, 2.45) is 34.0 Å². The van der Waals surface area contributed by atoms with Crippen molar-refractivity contribution in [1.82, 2.24) is 0 Å². The number of aliphatic hydroxyl groups excluding tert-OH is 3. The summed E-state index contributed by atoms with van der Waals surface area (Å²) in [5.41, 5.74) is -2.65. The number of hydrogen-bond acceptors (Lipinski definition) is 7. The van der Waals surface area contributed by atoms with E-state index in [1.807, 2.05) is 6.92 Å². The van der Waals surface area contributed by atoms with Crippen LogP contribution in [0.4, 0.5) is 0 Å². The van der Waals surface area contributed by atoms with Gasteiger partial charge in [0.05, 0.1) is 30.3 Å². The Morgan fingerprint density at radius 3 is 2.74 bits per heavy atom. The van der Waals surface area contributed by atoms with Crippen LogP contribution in [0.25, 0.3) is 0 Å². The van der Waals surface area contributed by atoms with Crippen LogP contribution in [0.2, 0.25) is 0 Å². The van der Waals surface area contributed by atoms with Crippen LogP contribution in [-0.4, -0.2) is 58.8 Å². The zero-order valence-electron chi connectivity index (χ0n) is 15.3. The predicted octanol–water partition coefficient (Wildman–Crippen LogP) is 0.166. The quantitative estimate of drug-likeness (QED) is 0.339. The molecule has 7 heteroatoms. The Morgan fingerprint density at radius 2 is 2.04 bits per heavy atom. The monoisotopic (exact) mass is 378 g/mol. The Bertz CT molecular complexity index is 736. The van der Waals surface area contributed by atoms with Crippen molar-refractivity contribution in [3.05, 3.63) is 12.2 Å². The second-order valence-corrected chi connectivity index (χ2v) is 9.57. The van der Waals surface area contributed by atoms with Gasteiger partial charge < -0.3 is 29.6 Å². The maximum Gasteiger partial charge on any atom is 0.317 e. The number of aliphatic hydroxyl groups is 3. The highest BCUT2D eigenvalue weighted by Gasteiger charge is 2.80. The lowest BCUT2D eigenvalue weighted by molar-refractivity contribution is -0.369. The molecule has 0 aromatic rings. The molecule has 148 valence electrons. The largest absolute Gasteiger partial charge is 0.434 e. The first-order valence-corrected chi connectivity index (χ1v) is 9.74. The first kappa shape index (κ1) is 17.8. The third-order valence-electron chi connectivity index (χ3n) is 8.51. The van der Waals surface area contributed by atoms with E-state index < -0.39 is 58.7 Å². The van der Waals surface area contributed by atoms with E-state index in [2.05, 4.69) is 6.58 Å². The SMILES string of the molecule is C=C1C2CC(O)C3C(C2)(C(=O)OC2OCC4(C)CCC(O)C23C4C=O)C1O. The summed E-state index contributed by atoms with van der Waals surface area (Å²) in [6.07, 6.45) is -1.68. The van der Waals surface area contributed by atoms with Crippen molar-refractivity contribution < 1.29 is 34.4 Å². The molecular formula is C20H26O7. The molecular weight excluding hydrogens is 352 g/mol. The number of hydrogen-bond donors (Lipinski definition) is 3. The highest BCUT2D eigenvalue weighted by Crippen LogP contribution is 2.71. The van der Waals surface area contributed by atoms with E-state index in [0.29, 0.717) is 31.3 Å². The molecule has 2 aliphatic heterocycles. The highest BCUT2D eigenvalue weighted by molar-refractivity contribution is 5.82. The van der Waals surface area contributed by atoms with Crippen molar-refractivity contribution in [3.63, 3.8) is 0 Å². The van der Waals surface area contributed by atoms with Crippen LogP contribution < -0.4 is 0 Å². The molecule has 2 saturated heterocycles. The molecule has 10 unspecified atom stereocenters. The van der Waals surface area contributed by atoms with Crippen LogP contribution in [0.5, 0.6) is 0 Å². The van der Waals surface area contributed by atoms with Gasteiger partial charge in [0, 0.05) is 17.3 Å². The molecule has 0 radical (unpaired) electrons. The normalized spacial score (nSPS) is 58.9. The zero-order valence-corrected chi connectivity index (χ0v) is 15.3.